The summed E-state index contributed by atoms with van der Waals surface area (Å²) >= 11 is 3.27. The summed E-state index contributed by atoms with van der Waals surface area (Å²) in [4.78, 5) is 0. The Morgan fingerprint density at radius 2 is 2.38 bits per heavy atom. The molecule has 1 aromatic rings. The first-order valence-corrected chi connectivity index (χ1v) is 5.86. The van der Waals surface area contributed by atoms with Crippen LogP contribution in [0.2, 0.25) is 0 Å². The highest BCUT2D eigenvalue weighted by Gasteiger charge is 2.08. The van der Waals surface area contributed by atoms with Crippen LogP contribution in [-0.4, -0.2) is 19.2 Å². The van der Waals surface area contributed by atoms with Gasteiger partial charge in [0.2, 0.25) is 0 Å². The Kier molecular flexibility index (Phi) is 5.49. The van der Waals surface area contributed by atoms with Gasteiger partial charge in [0.15, 0.2) is 11.6 Å². The minimum atomic E-state index is -0.348. The number of nitrogens with one attached hydrogen (secondary N) is 1. The Labute approximate surface area is 104 Å². The predicted molar refractivity (Wildman–Crippen MR) is 67.3 cm³/mol. The molecule has 1 aromatic carbocycles. The van der Waals surface area contributed by atoms with Crippen molar-refractivity contribution in [3.05, 3.63) is 41.1 Å². The highest BCUT2D eigenvalue weighted by molar-refractivity contribution is 9.10. The second-order valence-electron chi connectivity index (χ2n) is 3.45. The molecule has 4 heteroatoms. The van der Waals surface area contributed by atoms with Crippen molar-refractivity contribution in [2.24, 2.45) is 0 Å². The maximum absolute atomic E-state index is 13.3. The topological polar surface area (TPSA) is 21.3 Å². The maximum Gasteiger partial charge on any atom is 0.165 e. The van der Waals surface area contributed by atoms with Gasteiger partial charge < -0.3 is 10.1 Å². The van der Waals surface area contributed by atoms with Crippen LogP contribution in [0.1, 0.15) is 6.92 Å². The van der Waals surface area contributed by atoms with Crippen molar-refractivity contribution < 1.29 is 9.13 Å². The van der Waals surface area contributed by atoms with Crippen LogP contribution in [-0.2, 0) is 0 Å². The molecule has 0 fully saturated rings. The zero-order valence-corrected chi connectivity index (χ0v) is 10.8. The van der Waals surface area contributed by atoms with Crippen LogP contribution in [0.25, 0.3) is 0 Å². The number of rotatable bonds is 6. The van der Waals surface area contributed by atoms with Gasteiger partial charge in [0.1, 0.15) is 6.10 Å². The van der Waals surface area contributed by atoms with Gasteiger partial charge in [0, 0.05) is 17.6 Å². The smallest absolute Gasteiger partial charge is 0.165 e. The van der Waals surface area contributed by atoms with Crippen LogP contribution in [0.5, 0.6) is 5.75 Å². The lowest BCUT2D eigenvalue weighted by atomic mass is 10.3. The molecular weight excluding hydrogens is 273 g/mol. The molecule has 1 N–H and O–H groups in total. The first-order valence-electron chi connectivity index (χ1n) is 5.07. The fraction of sp³-hybridized carbons (Fsp3) is 0.333. The van der Waals surface area contributed by atoms with E-state index in [9.17, 15) is 4.39 Å². The molecule has 0 aliphatic carbocycles. The average Bonchev–Trinajstić information content (AvgIpc) is 2.24. The monoisotopic (exact) mass is 287 g/mol. The van der Waals surface area contributed by atoms with Gasteiger partial charge in [-0.15, -0.1) is 6.58 Å². The molecule has 0 aliphatic rings. The zero-order valence-electron chi connectivity index (χ0n) is 9.17. The van der Waals surface area contributed by atoms with Crippen molar-refractivity contribution >= 4 is 15.9 Å². The summed E-state index contributed by atoms with van der Waals surface area (Å²) in [5.41, 5.74) is 0. The number of hydrogen-bond acceptors (Lipinski definition) is 2. The van der Waals surface area contributed by atoms with Crippen LogP contribution in [0, 0.1) is 5.82 Å². The molecule has 16 heavy (non-hydrogen) atoms. The van der Waals surface area contributed by atoms with Gasteiger partial charge in [-0.3, -0.25) is 0 Å². The fourth-order valence-corrected chi connectivity index (χ4v) is 1.55. The molecule has 0 aliphatic heterocycles. The fourth-order valence-electron chi connectivity index (χ4n) is 1.21. The third-order valence-electron chi connectivity index (χ3n) is 1.94. The first kappa shape index (κ1) is 13.2. The van der Waals surface area contributed by atoms with Gasteiger partial charge in [0.25, 0.3) is 0 Å². The maximum atomic E-state index is 13.3. The van der Waals surface area contributed by atoms with Crippen LogP contribution in [0.4, 0.5) is 4.39 Å². The van der Waals surface area contributed by atoms with E-state index in [2.05, 4.69) is 27.8 Å². The normalized spacial score (nSPS) is 12.2. The van der Waals surface area contributed by atoms with Crippen molar-refractivity contribution in [2.75, 3.05) is 13.1 Å². The van der Waals surface area contributed by atoms with Crippen molar-refractivity contribution in [1.29, 1.82) is 0 Å². The van der Waals surface area contributed by atoms with Crippen LogP contribution < -0.4 is 10.1 Å². The van der Waals surface area contributed by atoms with E-state index in [1.165, 1.54) is 6.07 Å². The third kappa shape index (κ3) is 4.33. The molecule has 0 saturated carbocycles. The van der Waals surface area contributed by atoms with E-state index in [0.29, 0.717) is 13.1 Å². The summed E-state index contributed by atoms with van der Waals surface area (Å²) in [7, 11) is 0. The molecule has 0 heterocycles. The van der Waals surface area contributed by atoms with Gasteiger partial charge in [0.05, 0.1) is 0 Å². The highest BCUT2D eigenvalue weighted by Crippen LogP contribution is 2.23. The molecule has 0 radical (unpaired) electrons. The van der Waals surface area contributed by atoms with E-state index >= 15 is 0 Å². The largest absolute Gasteiger partial charge is 0.486 e. The summed E-state index contributed by atoms with van der Waals surface area (Å²) in [6.07, 6.45) is 1.68. The van der Waals surface area contributed by atoms with Crippen molar-refractivity contribution in [1.82, 2.24) is 5.32 Å². The van der Waals surface area contributed by atoms with E-state index in [0.717, 1.165) is 4.47 Å². The molecule has 0 saturated heterocycles. The lowest BCUT2D eigenvalue weighted by Gasteiger charge is -2.15. The minimum absolute atomic E-state index is 0.0938. The van der Waals surface area contributed by atoms with Crippen molar-refractivity contribution in [2.45, 2.75) is 13.0 Å². The summed E-state index contributed by atoms with van der Waals surface area (Å²) in [5.74, 6) is -0.0824. The Morgan fingerprint density at radius 3 is 3.06 bits per heavy atom. The van der Waals surface area contributed by atoms with E-state index in [4.69, 9.17) is 4.74 Å². The van der Waals surface area contributed by atoms with E-state index in [1.54, 1.807) is 18.2 Å². The van der Waals surface area contributed by atoms with Crippen molar-refractivity contribution in [3.8, 4) is 5.75 Å². The Hall–Kier alpha value is -0.870. The standard InChI is InChI=1S/C12H15BrFNO/c1-3-6-15-8-9(2)16-12-7-10(13)4-5-11(12)14/h3-5,7,9,15H,1,6,8H2,2H3. The van der Waals surface area contributed by atoms with Crippen LogP contribution in [0.15, 0.2) is 35.3 Å². The van der Waals surface area contributed by atoms with E-state index in [-0.39, 0.29) is 17.7 Å². The van der Waals surface area contributed by atoms with Gasteiger partial charge in [-0.2, -0.15) is 0 Å². The van der Waals surface area contributed by atoms with Crippen LogP contribution >= 0.6 is 15.9 Å². The SMILES string of the molecule is C=CCNCC(C)Oc1cc(Br)ccc1F. The number of benzene rings is 1. The Balaban J connectivity index is 2.51. The summed E-state index contributed by atoms with van der Waals surface area (Å²) in [6, 6.07) is 4.64. The highest BCUT2D eigenvalue weighted by atomic mass is 79.9. The minimum Gasteiger partial charge on any atom is -0.486 e. The molecular formula is C12H15BrFNO. The van der Waals surface area contributed by atoms with E-state index < -0.39 is 0 Å². The molecule has 2 nitrogen and oxygen atoms in total. The van der Waals surface area contributed by atoms with Gasteiger partial charge in [-0.05, 0) is 25.1 Å². The molecule has 0 aromatic heterocycles. The lowest BCUT2D eigenvalue weighted by Crippen LogP contribution is -2.29. The molecule has 0 amide bonds. The quantitative estimate of drug-likeness (QED) is 0.641. The van der Waals surface area contributed by atoms with E-state index in [1.807, 2.05) is 6.92 Å². The number of hydrogen-bond donors (Lipinski definition) is 1. The summed E-state index contributed by atoms with van der Waals surface area (Å²) in [5, 5.41) is 3.11. The average molecular weight is 288 g/mol. The summed E-state index contributed by atoms with van der Waals surface area (Å²) < 4.78 is 19.6. The Morgan fingerprint density at radius 1 is 1.62 bits per heavy atom. The predicted octanol–water partition coefficient (Wildman–Crippen LogP) is 3.13. The Bertz CT molecular complexity index is 357. The zero-order chi connectivity index (χ0) is 12.0. The molecule has 1 rings (SSSR count). The second-order valence-corrected chi connectivity index (χ2v) is 4.37. The molecule has 1 atom stereocenters. The van der Waals surface area contributed by atoms with Gasteiger partial charge in [-0.25, -0.2) is 4.39 Å². The third-order valence-corrected chi connectivity index (χ3v) is 2.44. The van der Waals surface area contributed by atoms with Crippen molar-refractivity contribution in [3.63, 3.8) is 0 Å². The molecule has 0 spiro atoms. The van der Waals surface area contributed by atoms with Gasteiger partial charge in [-0.1, -0.05) is 22.0 Å². The van der Waals surface area contributed by atoms with Crippen LogP contribution in [0.3, 0.4) is 0 Å². The van der Waals surface area contributed by atoms with Gasteiger partial charge >= 0.3 is 0 Å². The molecule has 0 bridgehead atoms. The molecule has 1 unspecified atom stereocenters. The lowest BCUT2D eigenvalue weighted by molar-refractivity contribution is 0.209. The summed E-state index contributed by atoms with van der Waals surface area (Å²) in [6.45, 7) is 6.85. The second kappa shape index (κ2) is 6.66. The molecule has 88 valence electrons. The number of halogens is 2. The first-order chi connectivity index (χ1) is 7.63. The number of ether oxygens (including phenoxy) is 1.